The number of rotatable bonds is 6. The number of aliphatic hydroxyl groups excluding tert-OH is 1. The van der Waals surface area contributed by atoms with Gasteiger partial charge < -0.3 is 5.11 Å². The van der Waals surface area contributed by atoms with Gasteiger partial charge in [0, 0.05) is 12.1 Å². The average molecular weight is 542 g/mol. The molecule has 8 rings (SSSR count). The van der Waals surface area contributed by atoms with E-state index in [1.54, 1.807) is 36.5 Å². The normalized spacial score (nSPS) is 24.6. The molecule has 0 unspecified atom stereocenters. The Balaban J connectivity index is 1.34. The molecule has 1 heterocycles. The molecule has 3 amide bonds. The topological polar surface area (TPSA) is 99.1 Å². The molecule has 202 valence electrons. The number of nitrogens with zero attached hydrogens (tertiary/aromatic N) is 2. The van der Waals surface area contributed by atoms with Gasteiger partial charge >= 0.3 is 0 Å². The summed E-state index contributed by atoms with van der Waals surface area (Å²) in [5.41, 5.74) is 6.49. The first kappa shape index (κ1) is 25.1. The van der Waals surface area contributed by atoms with E-state index in [1.807, 2.05) is 78.9 Å². The Kier molecular flexibility index (Phi) is 5.91. The zero-order valence-electron chi connectivity index (χ0n) is 22.1. The fourth-order valence-corrected chi connectivity index (χ4v) is 7.08. The van der Waals surface area contributed by atoms with Gasteiger partial charge in [-0.05, 0) is 33.4 Å². The van der Waals surface area contributed by atoms with Gasteiger partial charge in [0.1, 0.15) is 0 Å². The Morgan fingerprint density at radius 1 is 0.829 bits per heavy atom. The van der Waals surface area contributed by atoms with Gasteiger partial charge in [0.2, 0.25) is 11.8 Å². The number of imide groups is 1. The number of hydrogen-bond acceptors (Lipinski definition) is 5. The molecule has 7 nitrogen and oxygen atoms in total. The Labute approximate surface area is 237 Å². The van der Waals surface area contributed by atoms with E-state index >= 15 is 0 Å². The van der Waals surface area contributed by atoms with E-state index in [4.69, 9.17) is 0 Å². The summed E-state index contributed by atoms with van der Waals surface area (Å²) >= 11 is 0. The summed E-state index contributed by atoms with van der Waals surface area (Å²) in [5, 5.41) is 15.0. The quantitative estimate of drug-likeness (QED) is 0.218. The van der Waals surface area contributed by atoms with Crippen molar-refractivity contribution < 1.29 is 19.5 Å². The van der Waals surface area contributed by atoms with Gasteiger partial charge in [0.05, 0.1) is 23.8 Å². The molecule has 4 aliphatic rings. The van der Waals surface area contributed by atoms with Crippen LogP contribution in [0.3, 0.4) is 0 Å². The number of carbonyl (C=O) groups excluding carboxylic acids is 3. The fourth-order valence-electron chi connectivity index (χ4n) is 7.08. The van der Waals surface area contributed by atoms with Crippen LogP contribution in [0.2, 0.25) is 0 Å². The van der Waals surface area contributed by atoms with Crippen LogP contribution < -0.4 is 5.43 Å². The number of amides is 3. The van der Waals surface area contributed by atoms with Gasteiger partial charge in [0.15, 0.2) is 6.10 Å². The minimum atomic E-state index is -1.41. The van der Waals surface area contributed by atoms with Crippen LogP contribution >= 0.6 is 0 Å². The average Bonchev–Trinajstić information content (AvgIpc) is 3.27. The van der Waals surface area contributed by atoms with Crippen LogP contribution in [0.1, 0.15) is 45.4 Å². The predicted molar refractivity (Wildman–Crippen MR) is 153 cm³/mol. The van der Waals surface area contributed by atoms with Gasteiger partial charge in [-0.15, -0.1) is 0 Å². The maximum Gasteiger partial charge on any atom is 0.273 e. The van der Waals surface area contributed by atoms with Gasteiger partial charge in [0.25, 0.3) is 5.91 Å². The third kappa shape index (κ3) is 3.69. The van der Waals surface area contributed by atoms with Crippen LogP contribution in [0.25, 0.3) is 0 Å². The van der Waals surface area contributed by atoms with Crippen molar-refractivity contribution in [2.75, 3.05) is 0 Å². The van der Waals surface area contributed by atoms with E-state index < -0.39 is 29.3 Å². The van der Waals surface area contributed by atoms with Gasteiger partial charge in [-0.1, -0.05) is 109 Å². The van der Waals surface area contributed by atoms with Crippen molar-refractivity contribution in [3.8, 4) is 0 Å². The summed E-state index contributed by atoms with van der Waals surface area (Å²) in [7, 11) is 0. The second kappa shape index (κ2) is 9.64. The van der Waals surface area contributed by atoms with Gasteiger partial charge in [-0.2, -0.15) is 5.10 Å². The van der Waals surface area contributed by atoms with Gasteiger partial charge in [-0.3, -0.25) is 19.3 Å². The SMILES string of the molecule is O=C(N/N=C\C12c3ccccc3C(c3ccccc31)[C@@H]1C(=O)N(Cc3ccccc3)C(=O)[C@H]12)[C@H](O)c1ccccc1. The summed E-state index contributed by atoms with van der Waals surface area (Å²) in [4.78, 5) is 42.6. The molecular formula is C34H27N3O4. The Bertz CT molecular complexity index is 1650. The highest BCUT2D eigenvalue weighted by molar-refractivity contribution is 6.11. The molecule has 7 heteroatoms. The third-order valence-corrected chi connectivity index (χ3v) is 8.77. The van der Waals surface area contributed by atoms with E-state index in [2.05, 4.69) is 10.5 Å². The van der Waals surface area contributed by atoms with E-state index in [9.17, 15) is 19.5 Å². The van der Waals surface area contributed by atoms with Crippen LogP contribution in [0.4, 0.5) is 0 Å². The van der Waals surface area contributed by atoms with Crippen molar-refractivity contribution in [1.29, 1.82) is 0 Å². The van der Waals surface area contributed by atoms with Crippen LogP contribution in [0, 0.1) is 11.8 Å². The molecule has 1 fully saturated rings. The van der Waals surface area contributed by atoms with E-state index in [0.29, 0.717) is 5.56 Å². The largest absolute Gasteiger partial charge is 0.378 e. The highest BCUT2D eigenvalue weighted by Crippen LogP contribution is 2.63. The Morgan fingerprint density at radius 3 is 2.02 bits per heavy atom. The highest BCUT2D eigenvalue weighted by Gasteiger charge is 2.67. The molecule has 1 saturated heterocycles. The summed E-state index contributed by atoms with van der Waals surface area (Å²) in [6.45, 7) is 0.193. The van der Waals surface area contributed by atoms with Crippen molar-refractivity contribution in [1.82, 2.24) is 10.3 Å². The van der Waals surface area contributed by atoms with E-state index in [0.717, 1.165) is 27.8 Å². The maximum absolute atomic E-state index is 14.3. The van der Waals surface area contributed by atoms with Crippen LogP contribution in [0.5, 0.6) is 0 Å². The molecule has 2 bridgehead atoms. The highest BCUT2D eigenvalue weighted by atomic mass is 16.3. The molecule has 4 aromatic rings. The molecule has 3 atom stereocenters. The van der Waals surface area contributed by atoms with Crippen molar-refractivity contribution in [2.24, 2.45) is 16.9 Å². The minimum Gasteiger partial charge on any atom is -0.378 e. The maximum atomic E-state index is 14.3. The first-order valence-electron chi connectivity index (χ1n) is 13.7. The summed E-state index contributed by atoms with van der Waals surface area (Å²) < 4.78 is 0. The van der Waals surface area contributed by atoms with Crippen molar-refractivity contribution >= 4 is 23.9 Å². The predicted octanol–water partition coefficient (Wildman–Crippen LogP) is 4.07. The number of aliphatic hydroxyl groups is 1. The van der Waals surface area contributed by atoms with Crippen molar-refractivity contribution in [3.63, 3.8) is 0 Å². The first-order valence-corrected chi connectivity index (χ1v) is 13.7. The van der Waals surface area contributed by atoms with Crippen LogP contribution in [-0.4, -0.2) is 33.9 Å². The zero-order chi connectivity index (χ0) is 28.1. The van der Waals surface area contributed by atoms with Gasteiger partial charge in [-0.25, -0.2) is 5.43 Å². The molecule has 4 aromatic carbocycles. The van der Waals surface area contributed by atoms with E-state index in [1.165, 1.54) is 4.90 Å². The lowest BCUT2D eigenvalue weighted by atomic mass is 9.47. The third-order valence-electron chi connectivity index (χ3n) is 8.77. The molecule has 41 heavy (non-hydrogen) atoms. The molecule has 0 radical (unpaired) electrons. The van der Waals surface area contributed by atoms with Crippen molar-refractivity contribution in [2.45, 2.75) is 24.0 Å². The molecule has 0 spiro atoms. The van der Waals surface area contributed by atoms with Crippen LogP contribution in [0.15, 0.2) is 114 Å². The number of carbonyl (C=O) groups is 3. The number of likely N-dealkylation sites (tertiary alicyclic amines) is 1. The fraction of sp³-hybridized carbons (Fsp3) is 0.176. The summed E-state index contributed by atoms with van der Waals surface area (Å²) in [5.74, 6) is -2.74. The molecule has 1 aliphatic heterocycles. The van der Waals surface area contributed by atoms with E-state index in [-0.39, 0.29) is 24.3 Å². The molecule has 0 saturated carbocycles. The number of hydrogen-bond donors (Lipinski definition) is 2. The molecule has 2 N–H and O–H groups in total. The second-order valence-corrected chi connectivity index (χ2v) is 10.8. The molecule has 0 aromatic heterocycles. The van der Waals surface area contributed by atoms with Crippen molar-refractivity contribution in [3.05, 3.63) is 143 Å². The number of nitrogens with one attached hydrogen (secondary N) is 1. The summed E-state index contributed by atoms with van der Waals surface area (Å²) in [6.07, 6.45) is 0.196. The lowest BCUT2D eigenvalue weighted by Gasteiger charge is -2.52. The molecular weight excluding hydrogens is 514 g/mol. The standard InChI is InChI=1S/C34H27N3O4/c38-30(22-13-5-2-6-14-22)31(39)36-35-20-34-25-17-9-7-15-23(25)27(24-16-8-10-18-26(24)34)28-29(34)33(41)37(32(28)40)19-21-11-3-1-4-12-21/h1-18,20,27-30,38H,19H2,(H,36,39)/b35-20-/t27?,28-,29-,30+,34?/m0/s1. The minimum absolute atomic E-state index is 0.193. The zero-order valence-corrected chi connectivity index (χ0v) is 22.1. The van der Waals surface area contributed by atoms with Crippen LogP contribution in [-0.2, 0) is 26.3 Å². The summed E-state index contributed by atoms with van der Waals surface area (Å²) in [6, 6.07) is 33.9. The smallest absolute Gasteiger partial charge is 0.273 e. The molecule has 3 aliphatic carbocycles. The number of hydrazone groups is 1. The first-order chi connectivity index (χ1) is 20.0. The Morgan fingerprint density at radius 2 is 1.39 bits per heavy atom. The monoisotopic (exact) mass is 541 g/mol. The Hall–Kier alpha value is -4.88. The number of benzene rings is 4. The lowest BCUT2D eigenvalue weighted by Crippen LogP contribution is -2.54. The second-order valence-electron chi connectivity index (χ2n) is 10.8. The lowest BCUT2D eigenvalue weighted by molar-refractivity contribution is -0.140.